The number of amides is 1. The Balaban J connectivity index is 1.56. The quantitative estimate of drug-likeness (QED) is 0.368. The van der Waals surface area contributed by atoms with E-state index in [0.717, 1.165) is 29.2 Å². The van der Waals surface area contributed by atoms with Crippen molar-refractivity contribution in [3.8, 4) is 5.69 Å². The Bertz CT molecular complexity index is 1190. The number of thioether (sulfide) groups is 1. The van der Waals surface area contributed by atoms with Crippen molar-refractivity contribution in [2.75, 3.05) is 11.1 Å². The number of hydrogen-bond acceptors (Lipinski definition) is 4. The maximum atomic E-state index is 12.6. The van der Waals surface area contributed by atoms with E-state index in [-0.39, 0.29) is 11.7 Å². The van der Waals surface area contributed by atoms with E-state index in [4.69, 9.17) is 0 Å². The SMILES string of the molecule is CCc1ccc(-n2c(Cc3ccccc3)nnc2SCC(=O)Nc2ccccc2C)cc1. The molecular weight excluding hydrogens is 416 g/mol. The van der Waals surface area contributed by atoms with E-state index >= 15 is 0 Å². The third-order valence-electron chi connectivity index (χ3n) is 5.26. The van der Waals surface area contributed by atoms with Gasteiger partial charge in [0.05, 0.1) is 5.75 Å². The van der Waals surface area contributed by atoms with Crippen molar-refractivity contribution < 1.29 is 4.79 Å². The van der Waals surface area contributed by atoms with Crippen molar-refractivity contribution in [1.29, 1.82) is 0 Å². The molecule has 1 heterocycles. The van der Waals surface area contributed by atoms with Gasteiger partial charge in [0.1, 0.15) is 5.82 Å². The van der Waals surface area contributed by atoms with Gasteiger partial charge in [-0.25, -0.2) is 0 Å². The topological polar surface area (TPSA) is 59.8 Å². The summed E-state index contributed by atoms with van der Waals surface area (Å²) in [5, 5.41) is 12.6. The van der Waals surface area contributed by atoms with E-state index in [2.05, 4.69) is 63.4 Å². The van der Waals surface area contributed by atoms with Gasteiger partial charge in [0.2, 0.25) is 5.91 Å². The smallest absolute Gasteiger partial charge is 0.234 e. The van der Waals surface area contributed by atoms with Gasteiger partial charge < -0.3 is 5.32 Å². The van der Waals surface area contributed by atoms with Crippen molar-refractivity contribution in [3.63, 3.8) is 0 Å². The van der Waals surface area contributed by atoms with E-state index < -0.39 is 0 Å². The first-order valence-electron chi connectivity index (χ1n) is 10.7. The standard InChI is InChI=1S/C26H26N4OS/c1-3-20-13-15-22(16-14-20)30-24(17-21-10-5-4-6-11-21)28-29-26(30)32-18-25(31)27-23-12-8-7-9-19(23)2/h4-16H,3,17-18H2,1-2H3,(H,27,31). The zero-order chi connectivity index (χ0) is 22.3. The highest BCUT2D eigenvalue weighted by molar-refractivity contribution is 7.99. The Morgan fingerprint density at radius 1 is 0.906 bits per heavy atom. The van der Waals surface area contributed by atoms with E-state index in [1.807, 2.05) is 49.4 Å². The number of rotatable bonds is 8. The molecule has 1 amide bonds. The molecule has 0 radical (unpaired) electrons. The lowest BCUT2D eigenvalue weighted by Gasteiger charge is -2.12. The van der Waals surface area contributed by atoms with Crippen LogP contribution < -0.4 is 5.32 Å². The molecule has 4 aromatic rings. The average molecular weight is 443 g/mol. The summed E-state index contributed by atoms with van der Waals surface area (Å²) >= 11 is 1.39. The first-order chi connectivity index (χ1) is 15.6. The van der Waals surface area contributed by atoms with Crippen LogP contribution in [-0.2, 0) is 17.6 Å². The van der Waals surface area contributed by atoms with Crippen LogP contribution in [0.15, 0.2) is 84.0 Å². The predicted octanol–water partition coefficient (Wildman–Crippen LogP) is 5.46. The Kier molecular flexibility index (Phi) is 7.02. The second-order valence-corrected chi connectivity index (χ2v) is 8.51. The molecule has 0 aliphatic heterocycles. The monoisotopic (exact) mass is 442 g/mol. The number of nitrogens with one attached hydrogen (secondary N) is 1. The van der Waals surface area contributed by atoms with E-state index in [0.29, 0.717) is 11.6 Å². The number of carbonyl (C=O) groups excluding carboxylic acids is 1. The lowest BCUT2D eigenvalue weighted by Crippen LogP contribution is -2.15. The van der Waals surface area contributed by atoms with Gasteiger partial charge in [-0.05, 0) is 48.2 Å². The van der Waals surface area contributed by atoms with Crippen molar-refractivity contribution in [2.45, 2.75) is 31.8 Å². The number of benzene rings is 3. The zero-order valence-corrected chi connectivity index (χ0v) is 19.1. The van der Waals surface area contributed by atoms with Gasteiger partial charge in [0.25, 0.3) is 0 Å². The maximum absolute atomic E-state index is 12.6. The van der Waals surface area contributed by atoms with Gasteiger partial charge in [-0.15, -0.1) is 10.2 Å². The maximum Gasteiger partial charge on any atom is 0.234 e. The Labute approximate surface area is 192 Å². The normalized spacial score (nSPS) is 10.8. The summed E-state index contributed by atoms with van der Waals surface area (Å²) in [5.74, 6) is 1.04. The second-order valence-electron chi connectivity index (χ2n) is 7.57. The highest BCUT2D eigenvalue weighted by Gasteiger charge is 2.16. The van der Waals surface area contributed by atoms with Crippen LogP contribution >= 0.6 is 11.8 Å². The molecule has 6 heteroatoms. The molecule has 1 aromatic heterocycles. The molecule has 162 valence electrons. The van der Waals surface area contributed by atoms with Crippen LogP contribution in [0.4, 0.5) is 5.69 Å². The summed E-state index contributed by atoms with van der Waals surface area (Å²) in [6.45, 7) is 4.12. The molecule has 0 aliphatic carbocycles. The number of aromatic nitrogens is 3. The highest BCUT2D eigenvalue weighted by atomic mass is 32.2. The molecule has 0 atom stereocenters. The first-order valence-corrected chi connectivity index (χ1v) is 11.7. The number of para-hydroxylation sites is 1. The van der Waals surface area contributed by atoms with Gasteiger partial charge in [-0.1, -0.05) is 79.3 Å². The molecule has 32 heavy (non-hydrogen) atoms. The van der Waals surface area contributed by atoms with E-state index in [9.17, 15) is 4.79 Å². The molecule has 0 saturated carbocycles. The van der Waals surface area contributed by atoms with Crippen molar-refractivity contribution in [3.05, 3.63) is 101 Å². The molecule has 4 rings (SSSR count). The minimum absolute atomic E-state index is 0.0650. The van der Waals surface area contributed by atoms with Crippen LogP contribution in [0.25, 0.3) is 5.69 Å². The minimum Gasteiger partial charge on any atom is -0.325 e. The van der Waals surface area contributed by atoms with Gasteiger partial charge >= 0.3 is 0 Å². The zero-order valence-electron chi connectivity index (χ0n) is 18.3. The fraction of sp³-hybridized carbons (Fsp3) is 0.192. The molecule has 0 aliphatic rings. The molecule has 0 unspecified atom stereocenters. The number of hydrogen-bond donors (Lipinski definition) is 1. The van der Waals surface area contributed by atoms with Gasteiger partial charge in [0.15, 0.2) is 5.16 Å². The fourth-order valence-electron chi connectivity index (χ4n) is 3.46. The Morgan fingerprint density at radius 2 is 1.62 bits per heavy atom. The molecule has 0 fully saturated rings. The minimum atomic E-state index is -0.0650. The number of aryl methyl sites for hydroxylation is 2. The van der Waals surface area contributed by atoms with Crippen LogP contribution in [0.3, 0.4) is 0 Å². The molecule has 0 saturated heterocycles. The summed E-state index contributed by atoms with van der Waals surface area (Å²) in [5.41, 5.74) is 5.31. The van der Waals surface area contributed by atoms with Crippen LogP contribution in [-0.4, -0.2) is 26.4 Å². The molecule has 0 bridgehead atoms. The summed E-state index contributed by atoms with van der Waals surface area (Å²) in [6, 6.07) is 26.4. The van der Waals surface area contributed by atoms with E-state index in [1.165, 1.54) is 22.9 Å². The van der Waals surface area contributed by atoms with Gasteiger partial charge in [-0.2, -0.15) is 0 Å². The predicted molar refractivity (Wildman–Crippen MR) is 131 cm³/mol. The van der Waals surface area contributed by atoms with Crippen LogP contribution in [0, 0.1) is 6.92 Å². The average Bonchev–Trinajstić information content (AvgIpc) is 3.22. The van der Waals surface area contributed by atoms with Crippen molar-refractivity contribution in [2.24, 2.45) is 0 Å². The van der Waals surface area contributed by atoms with Gasteiger partial charge in [0, 0.05) is 17.8 Å². The summed E-state index contributed by atoms with van der Waals surface area (Å²) in [7, 11) is 0. The molecule has 5 nitrogen and oxygen atoms in total. The summed E-state index contributed by atoms with van der Waals surface area (Å²) in [6.07, 6.45) is 1.65. The summed E-state index contributed by atoms with van der Waals surface area (Å²) in [4.78, 5) is 12.6. The molecule has 1 N–H and O–H groups in total. The van der Waals surface area contributed by atoms with Crippen molar-refractivity contribution in [1.82, 2.24) is 14.8 Å². The first kappa shape index (κ1) is 21.8. The number of nitrogens with zero attached hydrogens (tertiary/aromatic N) is 3. The Morgan fingerprint density at radius 3 is 2.34 bits per heavy atom. The number of anilines is 1. The second kappa shape index (κ2) is 10.3. The summed E-state index contributed by atoms with van der Waals surface area (Å²) < 4.78 is 2.05. The number of carbonyl (C=O) groups is 1. The Hall–Kier alpha value is -3.38. The van der Waals surface area contributed by atoms with Crippen LogP contribution in [0.5, 0.6) is 0 Å². The molecule has 3 aromatic carbocycles. The van der Waals surface area contributed by atoms with Gasteiger partial charge in [-0.3, -0.25) is 9.36 Å². The van der Waals surface area contributed by atoms with Crippen LogP contribution in [0.1, 0.15) is 29.4 Å². The fourth-order valence-corrected chi connectivity index (χ4v) is 4.23. The van der Waals surface area contributed by atoms with Crippen LogP contribution in [0.2, 0.25) is 0 Å². The highest BCUT2D eigenvalue weighted by Crippen LogP contribution is 2.24. The lowest BCUT2D eigenvalue weighted by molar-refractivity contribution is -0.113. The molecular formula is C26H26N4OS. The largest absolute Gasteiger partial charge is 0.325 e. The molecule has 0 spiro atoms. The van der Waals surface area contributed by atoms with E-state index in [1.54, 1.807) is 0 Å². The van der Waals surface area contributed by atoms with Crippen molar-refractivity contribution >= 4 is 23.4 Å². The third kappa shape index (κ3) is 5.26. The third-order valence-corrected chi connectivity index (χ3v) is 6.19. The lowest BCUT2D eigenvalue weighted by atomic mass is 10.1.